The van der Waals surface area contributed by atoms with Gasteiger partial charge in [0, 0.05) is 32.8 Å². The van der Waals surface area contributed by atoms with Crippen molar-refractivity contribution in [1.82, 2.24) is 15.4 Å². The van der Waals surface area contributed by atoms with Gasteiger partial charge in [-0.2, -0.15) is 0 Å². The molecule has 8 nitrogen and oxygen atoms in total. The van der Waals surface area contributed by atoms with Crippen molar-refractivity contribution in [2.75, 3.05) is 40.4 Å². The Morgan fingerprint density at radius 1 is 1.53 bits per heavy atom. The van der Waals surface area contributed by atoms with Crippen LogP contribution in [-0.4, -0.2) is 67.4 Å². The Bertz CT molecular complexity index is 432. The Kier molecular flexibility index (Phi) is 5.97. The van der Waals surface area contributed by atoms with Gasteiger partial charge in [0.2, 0.25) is 5.76 Å². The largest absolute Gasteiger partial charge is 0.475 e. The van der Waals surface area contributed by atoms with Gasteiger partial charge in [-0.1, -0.05) is 5.16 Å². The number of methoxy groups -OCH3 is 1. The Hall–Kier alpha value is -1.93. The Morgan fingerprint density at radius 3 is 2.84 bits per heavy atom. The highest BCUT2D eigenvalue weighted by Crippen LogP contribution is 2.02. The molecule has 19 heavy (non-hydrogen) atoms. The van der Waals surface area contributed by atoms with Crippen LogP contribution in [0.25, 0.3) is 0 Å². The van der Waals surface area contributed by atoms with Crippen LogP contribution >= 0.6 is 0 Å². The molecule has 0 aliphatic rings. The maximum Gasteiger partial charge on any atom is 0.374 e. The van der Waals surface area contributed by atoms with E-state index in [0.717, 1.165) is 12.6 Å². The number of aromatic carboxylic acids is 1. The number of amides is 1. The lowest BCUT2D eigenvalue weighted by Gasteiger charge is -2.15. The number of nitrogens with one attached hydrogen (secondary N) is 1. The molecule has 2 N–H and O–H groups in total. The molecule has 1 heterocycles. The quantitative estimate of drug-likeness (QED) is 0.667. The molecular formula is C11H17N3O5. The maximum atomic E-state index is 11.6. The number of likely N-dealkylation sites (N-methyl/N-ethyl adjacent to an activating group) is 1. The number of rotatable bonds is 8. The lowest BCUT2D eigenvalue weighted by molar-refractivity contribution is 0.0651. The predicted molar refractivity (Wildman–Crippen MR) is 65.2 cm³/mol. The first-order chi connectivity index (χ1) is 9.04. The van der Waals surface area contributed by atoms with Crippen molar-refractivity contribution in [2.45, 2.75) is 0 Å². The first kappa shape index (κ1) is 15.1. The maximum absolute atomic E-state index is 11.6. The van der Waals surface area contributed by atoms with E-state index in [0.29, 0.717) is 19.7 Å². The standard InChI is InChI=1S/C11H17N3O5/c1-14(5-6-18-2)4-3-12-10(15)8-7-9(11(16)17)19-13-8/h7H,3-6H2,1-2H3,(H,12,15)(H,16,17). The van der Waals surface area contributed by atoms with Crippen LogP contribution in [0.1, 0.15) is 21.0 Å². The third-order valence-electron chi connectivity index (χ3n) is 2.41. The fraction of sp³-hybridized carbons (Fsp3) is 0.545. The van der Waals surface area contributed by atoms with Crippen LogP contribution in [0.2, 0.25) is 0 Å². The van der Waals surface area contributed by atoms with Gasteiger partial charge in [0.1, 0.15) is 0 Å². The monoisotopic (exact) mass is 271 g/mol. The van der Waals surface area contributed by atoms with E-state index in [1.54, 1.807) is 7.11 Å². The highest BCUT2D eigenvalue weighted by molar-refractivity contribution is 5.94. The second-order valence-corrected chi connectivity index (χ2v) is 3.93. The molecule has 1 rings (SSSR count). The number of carboxylic acids is 1. The average Bonchev–Trinajstić information content (AvgIpc) is 2.86. The van der Waals surface area contributed by atoms with Gasteiger partial charge in [0.15, 0.2) is 5.69 Å². The van der Waals surface area contributed by atoms with Crippen molar-refractivity contribution >= 4 is 11.9 Å². The third-order valence-corrected chi connectivity index (χ3v) is 2.41. The van der Waals surface area contributed by atoms with Gasteiger partial charge < -0.3 is 24.6 Å². The van der Waals surface area contributed by atoms with Crippen molar-refractivity contribution in [3.05, 3.63) is 17.5 Å². The lowest BCUT2D eigenvalue weighted by Crippen LogP contribution is -2.34. The molecule has 0 aliphatic carbocycles. The molecule has 0 aromatic carbocycles. The summed E-state index contributed by atoms with van der Waals surface area (Å²) < 4.78 is 9.42. The molecule has 106 valence electrons. The smallest absolute Gasteiger partial charge is 0.374 e. The molecule has 0 radical (unpaired) electrons. The van der Waals surface area contributed by atoms with E-state index >= 15 is 0 Å². The number of hydrogen-bond donors (Lipinski definition) is 2. The highest BCUT2D eigenvalue weighted by atomic mass is 16.5. The van der Waals surface area contributed by atoms with E-state index in [1.807, 2.05) is 11.9 Å². The van der Waals surface area contributed by atoms with E-state index in [2.05, 4.69) is 15.0 Å². The van der Waals surface area contributed by atoms with Crippen molar-refractivity contribution in [2.24, 2.45) is 0 Å². The molecule has 1 amide bonds. The summed E-state index contributed by atoms with van der Waals surface area (Å²) in [4.78, 5) is 24.2. The minimum Gasteiger partial charge on any atom is -0.475 e. The van der Waals surface area contributed by atoms with Crippen LogP contribution in [0, 0.1) is 0 Å². The number of hydrogen-bond acceptors (Lipinski definition) is 6. The zero-order valence-corrected chi connectivity index (χ0v) is 10.9. The van der Waals surface area contributed by atoms with Crippen molar-refractivity contribution in [1.29, 1.82) is 0 Å². The van der Waals surface area contributed by atoms with Gasteiger partial charge in [-0.25, -0.2) is 4.79 Å². The molecule has 0 bridgehead atoms. The molecule has 1 aromatic rings. The Labute approximate surface area is 110 Å². The summed E-state index contributed by atoms with van der Waals surface area (Å²) in [5, 5.41) is 14.6. The summed E-state index contributed by atoms with van der Waals surface area (Å²) >= 11 is 0. The first-order valence-electron chi connectivity index (χ1n) is 5.70. The molecule has 0 unspecified atom stereocenters. The van der Waals surface area contributed by atoms with Gasteiger partial charge in [-0.3, -0.25) is 4.79 Å². The average molecular weight is 271 g/mol. The number of nitrogens with zero attached hydrogens (tertiary/aromatic N) is 2. The number of aromatic nitrogens is 1. The van der Waals surface area contributed by atoms with Crippen LogP contribution in [0.15, 0.2) is 10.6 Å². The Morgan fingerprint density at radius 2 is 2.26 bits per heavy atom. The SMILES string of the molecule is COCCN(C)CCNC(=O)c1cc(C(=O)O)on1. The first-order valence-corrected chi connectivity index (χ1v) is 5.70. The highest BCUT2D eigenvalue weighted by Gasteiger charge is 2.16. The van der Waals surface area contributed by atoms with Crippen molar-refractivity contribution < 1.29 is 24.0 Å². The van der Waals surface area contributed by atoms with Gasteiger partial charge in [-0.15, -0.1) is 0 Å². The van der Waals surface area contributed by atoms with E-state index in [1.165, 1.54) is 0 Å². The van der Waals surface area contributed by atoms with Gasteiger partial charge in [0.05, 0.1) is 6.61 Å². The van der Waals surface area contributed by atoms with Crippen LogP contribution in [0.5, 0.6) is 0 Å². The molecule has 0 saturated heterocycles. The van der Waals surface area contributed by atoms with E-state index < -0.39 is 11.9 Å². The van der Waals surface area contributed by atoms with E-state index in [4.69, 9.17) is 9.84 Å². The van der Waals surface area contributed by atoms with Gasteiger partial charge in [0.25, 0.3) is 5.91 Å². The van der Waals surface area contributed by atoms with E-state index in [9.17, 15) is 9.59 Å². The summed E-state index contributed by atoms with van der Waals surface area (Å²) in [6.45, 7) is 2.46. The van der Waals surface area contributed by atoms with Crippen LogP contribution in [0.4, 0.5) is 0 Å². The lowest BCUT2D eigenvalue weighted by atomic mass is 10.3. The van der Waals surface area contributed by atoms with Crippen molar-refractivity contribution in [3.8, 4) is 0 Å². The minimum absolute atomic E-state index is 0.0445. The molecule has 0 aliphatic heterocycles. The normalized spacial score (nSPS) is 10.7. The van der Waals surface area contributed by atoms with Crippen molar-refractivity contribution in [3.63, 3.8) is 0 Å². The Balaban J connectivity index is 2.32. The summed E-state index contributed by atoms with van der Waals surface area (Å²) in [6.07, 6.45) is 0. The molecule has 0 fully saturated rings. The fourth-order valence-electron chi connectivity index (χ4n) is 1.29. The van der Waals surface area contributed by atoms with Crippen LogP contribution in [0.3, 0.4) is 0 Å². The third kappa shape index (κ3) is 5.06. The molecule has 0 saturated carbocycles. The summed E-state index contributed by atoms with van der Waals surface area (Å²) in [5.41, 5.74) is -0.0445. The molecule has 8 heteroatoms. The van der Waals surface area contributed by atoms with Crippen LogP contribution < -0.4 is 5.32 Å². The molecule has 1 aromatic heterocycles. The molecular weight excluding hydrogens is 254 g/mol. The number of ether oxygens (including phenoxy) is 1. The second kappa shape index (κ2) is 7.49. The fourth-order valence-corrected chi connectivity index (χ4v) is 1.29. The van der Waals surface area contributed by atoms with E-state index in [-0.39, 0.29) is 11.5 Å². The summed E-state index contributed by atoms with van der Waals surface area (Å²) in [7, 11) is 3.53. The predicted octanol–water partition coefficient (Wildman–Crippen LogP) is -0.319. The van der Waals surface area contributed by atoms with Gasteiger partial charge >= 0.3 is 5.97 Å². The number of carbonyl (C=O) groups excluding carboxylic acids is 1. The minimum atomic E-state index is -1.26. The van der Waals surface area contributed by atoms with Gasteiger partial charge in [-0.05, 0) is 7.05 Å². The summed E-state index contributed by atoms with van der Waals surface area (Å²) in [5.74, 6) is -2.08. The molecule has 0 atom stereocenters. The molecule has 0 spiro atoms. The topological polar surface area (TPSA) is 105 Å². The zero-order valence-electron chi connectivity index (χ0n) is 10.9. The zero-order chi connectivity index (χ0) is 14.3. The summed E-state index contributed by atoms with van der Waals surface area (Å²) in [6, 6.07) is 1.09. The number of carbonyl (C=O) groups is 2. The number of carboxylic acid groups (broad SMARTS) is 1. The van der Waals surface area contributed by atoms with Crippen LogP contribution in [-0.2, 0) is 4.74 Å². The second-order valence-electron chi connectivity index (χ2n) is 3.93.